The van der Waals surface area contributed by atoms with Crippen molar-refractivity contribution < 1.29 is 24.2 Å². The van der Waals surface area contributed by atoms with Crippen LogP contribution >= 0.6 is 51.7 Å². The molecule has 1 aromatic heterocycles. The summed E-state index contributed by atoms with van der Waals surface area (Å²) in [5.41, 5.74) is 1.20. The number of nitrogens with one attached hydrogen (secondary N) is 1. The van der Waals surface area contributed by atoms with Gasteiger partial charge in [0.15, 0.2) is 11.1 Å². The molecule has 0 bridgehead atoms. The molecule has 44 heavy (non-hydrogen) atoms. The fourth-order valence-corrected chi connectivity index (χ4v) is 7.13. The molecule has 0 aliphatic carbocycles. The van der Waals surface area contributed by atoms with Crippen LogP contribution in [0, 0.1) is 11.8 Å². The van der Waals surface area contributed by atoms with Gasteiger partial charge in [0, 0.05) is 10.7 Å². The topological polar surface area (TPSA) is 151 Å². The molecule has 1 fully saturated rings. The summed E-state index contributed by atoms with van der Waals surface area (Å²) in [6, 6.07) is 17.4. The summed E-state index contributed by atoms with van der Waals surface area (Å²) in [7, 11) is 0. The first kappa shape index (κ1) is 31.6. The van der Waals surface area contributed by atoms with E-state index in [0.717, 1.165) is 16.1 Å². The van der Waals surface area contributed by atoms with Crippen molar-refractivity contribution in [3.05, 3.63) is 116 Å². The fourth-order valence-electron chi connectivity index (χ4n) is 4.62. The molecule has 0 spiro atoms. The fraction of sp³-hybridized carbons (Fsp3) is 0.207. The lowest BCUT2D eigenvalue weighted by Crippen LogP contribution is -2.70. The first-order valence-corrected chi connectivity index (χ1v) is 16.5. The number of hydrogen-bond acceptors (Lipinski definition) is 12. The lowest BCUT2D eigenvalue weighted by molar-refractivity contribution is -0.154. The number of alkyl halides is 1. The molecule has 15 heteroatoms. The van der Waals surface area contributed by atoms with Crippen molar-refractivity contribution >= 4 is 74.3 Å². The second kappa shape index (κ2) is 13.9. The first-order chi connectivity index (χ1) is 21.2. The Bertz CT molecular complexity index is 1660. The average molecular weight is 715 g/mol. The van der Waals surface area contributed by atoms with Crippen LogP contribution in [0.3, 0.4) is 0 Å². The van der Waals surface area contributed by atoms with Crippen LogP contribution in [0.2, 0.25) is 0 Å². The van der Waals surface area contributed by atoms with Crippen LogP contribution in [-0.2, 0) is 19.1 Å². The first-order valence-electron chi connectivity index (χ1n) is 13.1. The molecule has 2 amide bonds. The highest BCUT2D eigenvalue weighted by molar-refractivity contribution is 9.09. The van der Waals surface area contributed by atoms with E-state index in [1.165, 1.54) is 28.0 Å². The molecule has 3 heterocycles. The molecular weight excluding hydrogens is 690 g/mol. The third-order valence-corrected chi connectivity index (χ3v) is 9.87. The Morgan fingerprint density at radius 2 is 1.82 bits per heavy atom. The average Bonchev–Trinajstić information content (AvgIpc) is 3.49. The van der Waals surface area contributed by atoms with Gasteiger partial charge in [-0.15, -0.1) is 39.5 Å². The van der Waals surface area contributed by atoms with Gasteiger partial charge in [-0.05, 0) is 34.9 Å². The number of halogens is 1. The van der Waals surface area contributed by atoms with Crippen molar-refractivity contribution in [1.82, 2.24) is 20.4 Å². The molecule has 2 aliphatic heterocycles. The number of allylic oxidation sites excluding steroid dienone is 2. The molecule has 3 aromatic rings. The van der Waals surface area contributed by atoms with Crippen LogP contribution in [0.25, 0.3) is 4.91 Å². The largest absolute Gasteiger partial charge is 0.509 e. The maximum absolute atomic E-state index is 14.1. The molecule has 2 aromatic carbocycles. The molecule has 2 atom stereocenters. The Balaban J connectivity index is 1.51. The van der Waals surface area contributed by atoms with Crippen molar-refractivity contribution in [1.29, 1.82) is 0 Å². The molecule has 5 rings (SSSR count). The lowest BCUT2D eigenvalue weighted by atomic mass is 10.0. The van der Waals surface area contributed by atoms with Crippen molar-refractivity contribution in [2.45, 2.75) is 24.4 Å². The number of rotatable bonds is 10. The summed E-state index contributed by atoms with van der Waals surface area (Å²) >= 11 is 10.2. The predicted molar refractivity (Wildman–Crippen MR) is 174 cm³/mol. The number of thioether (sulfide) groups is 1. The Morgan fingerprint density at radius 3 is 2.36 bits per heavy atom. The predicted octanol–water partition coefficient (Wildman–Crippen LogP) is 5.03. The lowest BCUT2D eigenvalue weighted by Gasteiger charge is -2.49. The van der Waals surface area contributed by atoms with E-state index in [9.17, 15) is 24.4 Å². The number of aliphatic hydroxyl groups is 1. The van der Waals surface area contributed by atoms with Crippen LogP contribution < -0.4 is 5.32 Å². The van der Waals surface area contributed by atoms with E-state index in [1.807, 2.05) is 67.6 Å². The van der Waals surface area contributed by atoms with Crippen LogP contribution in [0.4, 0.5) is 0 Å². The van der Waals surface area contributed by atoms with Crippen LogP contribution in [0.15, 0.2) is 94.6 Å². The van der Waals surface area contributed by atoms with Crippen LogP contribution in [-0.4, -0.2) is 60.5 Å². The summed E-state index contributed by atoms with van der Waals surface area (Å²) in [6.07, 6.45) is 0.884. The van der Waals surface area contributed by atoms with E-state index in [2.05, 4.69) is 49.2 Å². The van der Waals surface area contributed by atoms with E-state index >= 15 is 0 Å². The van der Waals surface area contributed by atoms with Gasteiger partial charge < -0.3 is 15.2 Å². The number of aliphatic hydroxyl groups excluding tert-OH is 1. The number of aromatic nitrogens is 2. The minimum Gasteiger partial charge on any atom is -0.509 e. The Labute approximate surface area is 274 Å². The highest BCUT2D eigenvalue weighted by atomic mass is 79.9. The highest BCUT2D eigenvalue weighted by Gasteiger charge is 2.54. The third kappa shape index (κ3) is 6.50. The van der Waals surface area contributed by atoms with E-state index < -0.39 is 46.8 Å². The molecular formula is C29H24BrN5O6S3. The van der Waals surface area contributed by atoms with Gasteiger partial charge in [0.05, 0.1) is 5.33 Å². The monoisotopic (exact) mass is 713 g/mol. The van der Waals surface area contributed by atoms with Gasteiger partial charge in [0.2, 0.25) is 5.70 Å². The number of esters is 1. The minimum atomic E-state index is -1.08. The maximum atomic E-state index is 14.1. The standard InChI is InChI=1S/C29H24BrN5O6S3/c1-15-32-33-26(44-15)20(42)12-18-14-43-28-22(31-25(37)21(34-40)19(36)13-30)27(38)35(28)23(18)29(39)41-24(16-8-4-2-5-9-16)17-10-6-3-7-11-17/h2-12,22,24,28,36,42H,13-14H2,1H3,(H,31,37). The number of β-lactam (4-membered cyclic amide) rings is 1. The van der Waals surface area contributed by atoms with E-state index in [-0.39, 0.29) is 16.8 Å². The van der Waals surface area contributed by atoms with Gasteiger partial charge >= 0.3 is 5.97 Å². The number of benzene rings is 2. The molecule has 11 nitrogen and oxygen atoms in total. The van der Waals surface area contributed by atoms with E-state index in [1.54, 1.807) is 6.08 Å². The number of aryl methyl sites for hydroxylation is 1. The Morgan fingerprint density at radius 1 is 1.18 bits per heavy atom. The normalized spacial score (nSPS) is 18.8. The molecule has 1 saturated heterocycles. The molecule has 2 aliphatic rings. The molecule has 2 unspecified atom stereocenters. The highest BCUT2D eigenvalue weighted by Crippen LogP contribution is 2.43. The van der Waals surface area contributed by atoms with Gasteiger partial charge in [-0.1, -0.05) is 87.9 Å². The summed E-state index contributed by atoms with van der Waals surface area (Å²) in [5.74, 6) is -2.67. The van der Waals surface area contributed by atoms with Gasteiger partial charge in [0.1, 0.15) is 27.9 Å². The number of fused-ring (bicyclic) bond motifs is 1. The number of thiol groups is 1. The summed E-state index contributed by atoms with van der Waals surface area (Å²) < 4.78 is 6.13. The smallest absolute Gasteiger partial charge is 0.356 e. The Kier molecular flexibility index (Phi) is 9.98. The van der Waals surface area contributed by atoms with Crippen molar-refractivity contribution in [2.24, 2.45) is 5.18 Å². The number of nitrogens with zero attached hydrogens (tertiary/aromatic N) is 4. The van der Waals surface area contributed by atoms with Crippen LogP contribution in [0.5, 0.6) is 0 Å². The number of nitroso groups, excluding NO2 is 1. The zero-order chi connectivity index (χ0) is 31.4. The number of carbonyl (C=O) groups excluding carboxylic acids is 3. The zero-order valence-corrected chi connectivity index (χ0v) is 27.0. The number of hydrogen-bond donors (Lipinski definition) is 3. The van der Waals surface area contributed by atoms with E-state index in [0.29, 0.717) is 15.5 Å². The number of amides is 2. The van der Waals surface area contributed by atoms with Crippen molar-refractivity contribution in [2.75, 3.05) is 11.1 Å². The second-order valence-corrected chi connectivity index (χ2v) is 12.8. The third-order valence-electron chi connectivity index (χ3n) is 6.67. The zero-order valence-electron chi connectivity index (χ0n) is 22.9. The molecule has 0 radical (unpaired) electrons. The molecule has 0 saturated carbocycles. The van der Waals surface area contributed by atoms with Gasteiger partial charge in [0.25, 0.3) is 11.8 Å². The maximum Gasteiger partial charge on any atom is 0.356 e. The number of ether oxygens (including phenoxy) is 1. The second-order valence-electron chi connectivity index (χ2n) is 9.52. The van der Waals surface area contributed by atoms with Gasteiger partial charge in [-0.3, -0.25) is 14.5 Å². The van der Waals surface area contributed by atoms with E-state index in [4.69, 9.17) is 4.74 Å². The van der Waals surface area contributed by atoms with Crippen molar-refractivity contribution in [3.63, 3.8) is 0 Å². The summed E-state index contributed by atoms with van der Waals surface area (Å²) in [4.78, 5) is 53.2. The van der Waals surface area contributed by atoms with Gasteiger partial charge in [-0.25, -0.2) is 4.79 Å². The summed E-state index contributed by atoms with van der Waals surface area (Å²) in [5, 5.41) is 23.5. The van der Waals surface area contributed by atoms with Crippen molar-refractivity contribution in [3.8, 4) is 0 Å². The minimum absolute atomic E-state index is 0.00137. The number of carbonyl (C=O) groups is 3. The molecule has 226 valence electrons. The molecule has 2 N–H and O–H groups in total. The SMILES string of the molecule is Cc1nnc(C(S)=CC2=C(C(=O)OC(c3ccccc3)c3ccccc3)N3C(=O)C(NC(=O)C(N=O)=C(O)CBr)C3SC2)s1. The summed E-state index contributed by atoms with van der Waals surface area (Å²) in [6.45, 7) is 1.81. The van der Waals surface area contributed by atoms with Gasteiger partial charge in [-0.2, -0.15) is 0 Å². The van der Waals surface area contributed by atoms with Crippen LogP contribution in [0.1, 0.15) is 27.2 Å². The quantitative estimate of drug-likeness (QED) is 0.0500. The Hall–Kier alpha value is -3.79.